The number of aryl methyl sites for hydroxylation is 1. The first-order valence-electron chi connectivity index (χ1n) is 27.7. The molecule has 0 N–H and O–H groups in total. The molecule has 3 fully saturated rings. The SMILES string of the molecule is C=CC1CCC(C2CCC(c3ccc(OCC)c(C)c3C)CC2)CC1.C=CC1CCC(c2ccc(-c3ccc(OCC)c(C)c3C)cc2)CC1.C=CCCc1ccc(-c2ccc(OCC)c(C)c2C)cc1.[HH].[HH].[HH]. The topological polar surface area (TPSA) is 27.7 Å². The molecule has 5 aromatic carbocycles. The monoisotopic (exact) mass is 961 g/mol. The normalized spacial score (nSPS) is 20.8. The summed E-state index contributed by atoms with van der Waals surface area (Å²) in [4.78, 5) is 0. The lowest BCUT2D eigenvalue weighted by Gasteiger charge is -2.38. The molecule has 0 unspecified atom stereocenters. The first-order chi connectivity index (χ1) is 34.4. The zero-order chi connectivity index (χ0) is 50.9. The van der Waals surface area contributed by atoms with Gasteiger partial charge in [0.1, 0.15) is 17.2 Å². The Kier molecular flexibility index (Phi) is 21.3. The second-order valence-corrected chi connectivity index (χ2v) is 20.9. The Morgan fingerprint density at radius 2 is 0.831 bits per heavy atom. The van der Waals surface area contributed by atoms with Crippen molar-refractivity contribution in [2.45, 2.75) is 164 Å². The number of hydrogen-bond acceptors (Lipinski definition) is 3. The average Bonchev–Trinajstić information content (AvgIpc) is 3.41. The maximum absolute atomic E-state index is 5.77. The molecule has 0 spiro atoms. The number of hydrogen-bond donors (Lipinski definition) is 0. The highest BCUT2D eigenvalue weighted by Crippen LogP contribution is 2.46. The van der Waals surface area contributed by atoms with Crippen LogP contribution in [0.5, 0.6) is 17.2 Å². The Balaban J connectivity index is 0.000000288. The minimum atomic E-state index is 0. The summed E-state index contributed by atoms with van der Waals surface area (Å²) in [6.07, 6.45) is 24.8. The smallest absolute Gasteiger partial charge is 0.122 e. The molecule has 0 radical (unpaired) electrons. The third kappa shape index (κ3) is 14.5. The van der Waals surface area contributed by atoms with Crippen molar-refractivity contribution in [3.05, 3.63) is 173 Å². The van der Waals surface area contributed by atoms with Crippen molar-refractivity contribution in [3.8, 4) is 39.5 Å². The molecule has 3 saturated carbocycles. The predicted molar refractivity (Wildman–Crippen MR) is 312 cm³/mol. The lowest BCUT2D eigenvalue weighted by Crippen LogP contribution is -2.25. The molecule has 8 rings (SSSR count). The van der Waals surface area contributed by atoms with Crippen LogP contribution in [0.4, 0.5) is 0 Å². The van der Waals surface area contributed by atoms with E-state index in [9.17, 15) is 0 Å². The van der Waals surface area contributed by atoms with Gasteiger partial charge >= 0.3 is 0 Å². The summed E-state index contributed by atoms with van der Waals surface area (Å²) in [6.45, 7) is 33.1. The fraction of sp³-hybridized carbons (Fsp3) is 0.471. The molecule has 0 heterocycles. The molecule has 386 valence electrons. The Morgan fingerprint density at radius 3 is 1.27 bits per heavy atom. The Hall–Kier alpha value is -5.28. The van der Waals surface area contributed by atoms with Gasteiger partial charge in [0.2, 0.25) is 0 Å². The van der Waals surface area contributed by atoms with Gasteiger partial charge in [-0.05, 0) is 278 Å². The summed E-state index contributed by atoms with van der Waals surface area (Å²) in [5.41, 5.74) is 17.5. The van der Waals surface area contributed by atoms with E-state index in [0.29, 0.717) is 19.1 Å². The third-order valence-corrected chi connectivity index (χ3v) is 16.9. The van der Waals surface area contributed by atoms with Crippen LogP contribution in [0, 0.1) is 65.2 Å². The van der Waals surface area contributed by atoms with E-state index in [1.165, 1.54) is 144 Å². The molecular formula is C68H96O3. The van der Waals surface area contributed by atoms with Gasteiger partial charge < -0.3 is 14.2 Å². The van der Waals surface area contributed by atoms with Crippen molar-refractivity contribution in [2.75, 3.05) is 19.8 Å². The van der Waals surface area contributed by atoms with Crippen LogP contribution in [-0.2, 0) is 6.42 Å². The highest BCUT2D eigenvalue weighted by Gasteiger charge is 2.31. The van der Waals surface area contributed by atoms with Gasteiger partial charge in [-0.25, -0.2) is 0 Å². The summed E-state index contributed by atoms with van der Waals surface area (Å²) in [5.74, 6) is 8.01. The van der Waals surface area contributed by atoms with E-state index in [2.05, 4.69) is 165 Å². The van der Waals surface area contributed by atoms with Crippen molar-refractivity contribution in [1.82, 2.24) is 0 Å². The quantitative estimate of drug-likeness (QED) is 0.0923. The lowest BCUT2D eigenvalue weighted by atomic mass is 9.68. The molecule has 71 heavy (non-hydrogen) atoms. The average molecular weight is 962 g/mol. The largest absolute Gasteiger partial charge is 0.494 e. The molecule has 5 aromatic rings. The van der Waals surface area contributed by atoms with Crippen LogP contribution < -0.4 is 14.2 Å². The minimum Gasteiger partial charge on any atom is -0.494 e. The Morgan fingerprint density at radius 1 is 0.437 bits per heavy atom. The van der Waals surface area contributed by atoms with Crippen LogP contribution in [0.15, 0.2) is 123 Å². The van der Waals surface area contributed by atoms with Crippen molar-refractivity contribution in [1.29, 1.82) is 0 Å². The zero-order valence-corrected chi connectivity index (χ0v) is 45.6. The second-order valence-electron chi connectivity index (χ2n) is 20.9. The van der Waals surface area contributed by atoms with E-state index in [-0.39, 0.29) is 4.28 Å². The summed E-state index contributed by atoms with van der Waals surface area (Å²) in [7, 11) is 0. The van der Waals surface area contributed by atoms with Gasteiger partial charge in [-0.1, -0.05) is 85.0 Å². The molecule has 3 aliphatic carbocycles. The van der Waals surface area contributed by atoms with Crippen LogP contribution >= 0.6 is 0 Å². The summed E-state index contributed by atoms with van der Waals surface area (Å²) < 4.78 is 17.1. The fourth-order valence-corrected chi connectivity index (χ4v) is 11.9. The van der Waals surface area contributed by atoms with E-state index in [4.69, 9.17) is 14.2 Å². The fourth-order valence-electron chi connectivity index (χ4n) is 11.9. The molecular weight excluding hydrogens is 865 g/mol. The molecule has 0 atom stereocenters. The van der Waals surface area contributed by atoms with Crippen LogP contribution in [-0.4, -0.2) is 19.8 Å². The van der Waals surface area contributed by atoms with E-state index in [1.54, 1.807) is 5.56 Å². The molecule has 3 nitrogen and oxygen atoms in total. The van der Waals surface area contributed by atoms with Crippen LogP contribution in [0.3, 0.4) is 0 Å². The predicted octanol–water partition coefficient (Wildman–Crippen LogP) is 20.0. The number of ether oxygens (including phenoxy) is 3. The molecule has 3 heteroatoms. The summed E-state index contributed by atoms with van der Waals surface area (Å²) in [5, 5.41) is 0. The van der Waals surface area contributed by atoms with Gasteiger partial charge in [-0.15, -0.1) is 19.7 Å². The van der Waals surface area contributed by atoms with Crippen LogP contribution in [0.2, 0.25) is 0 Å². The first-order valence-corrected chi connectivity index (χ1v) is 27.7. The highest BCUT2D eigenvalue weighted by molar-refractivity contribution is 5.71. The van der Waals surface area contributed by atoms with Gasteiger partial charge in [-0.2, -0.15) is 0 Å². The zero-order valence-electron chi connectivity index (χ0n) is 45.6. The molecule has 0 saturated heterocycles. The van der Waals surface area contributed by atoms with E-state index in [1.807, 2.05) is 19.9 Å². The van der Waals surface area contributed by atoms with E-state index >= 15 is 0 Å². The van der Waals surface area contributed by atoms with Gasteiger partial charge in [0, 0.05) is 4.28 Å². The summed E-state index contributed by atoms with van der Waals surface area (Å²) >= 11 is 0. The molecule has 3 aliphatic rings. The van der Waals surface area contributed by atoms with Gasteiger partial charge in [0.05, 0.1) is 19.8 Å². The Bertz CT molecular complexity index is 2470. The van der Waals surface area contributed by atoms with Gasteiger partial charge in [0.25, 0.3) is 0 Å². The summed E-state index contributed by atoms with van der Waals surface area (Å²) in [6, 6.07) is 31.2. The highest BCUT2D eigenvalue weighted by atomic mass is 16.5. The molecule has 0 aromatic heterocycles. The molecule has 0 aliphatic heterocycles. The van der Waals surface area contributed by atoms with Crippen molar-refractivity contribution < 1.29 is 18.5 Å². The first kappa shape index (κ1) is 55.0. The number of allylic oxidation sites excluding steroid dienone is 3. The molecule has 0 bridgehead atoms. The van der Waals surface area contributed by atoms with E-state index < -0.39 is 0 Å². The van der Waals surface area contributed by atoms with Crippen molar-refractivity contribution in [3.63, 3.8) is 0 Å². The van der Waals surface area contributed by atoms with Crippen LogP contribution in [0.1, 0.15) is 170 Å². The van der Waals surface area contributed by atoms with Crippen molar-refractivity contribution >= 4 is 0 Å². The standard InChI is InChI=1S/C24H36O.C24H30O.C20H24O.3H2/c2*1-5-19-7-9-20(10-8-19)21-11-13-22(14-12-21)23-15-16-24(25-6-2)18(4)17(23)3;1-5-7-8-17-9-11-18(12-10-17)19-13-14-20(21-6-2)16(4)15(19)3;;;/h5,15-16,19-22H,1,6-14H2,2-4H3;5,11-16,19-20H,1,6-10H2,2-4H3;5,9-14H,1,6-8H2,2-4H3;3*1H. The number of rotatable bonds is 16. The maximum atomic E-state index is 5.77. The van der Waals surface area contributed by atoms with E-state index in [0.717, 1.165) is 66.3 Å². The maximum Gasteiger partial charge on any atom is 0.122 e. The number of benzene rings is 5. The second kappa shape index (κ2) is 27.5. The van der Waals surface area contributed by atoms with Gasteiger partial charge in [0.15, 0.2) is 0 Å². The molecule has 0 amide bonds. The third-order valence-electron chi connectivity index (χ3n) is 16.9. The van der Waals surface area contributed by atoms with Crippen molar-refractivity contribution in [2.24, 2.45) is 23.7 Å². The van der Waals surface area contributed by atoms with Gasteiger partial charge in [-0.3, -0.25) is 0 Å². The van der Waals surface area contributed by atoms with Crippen LogP contribution in [0.25, 0.3) is 22.3 Å². The Labute approximate surface area is 436 Å². The minimum absolute atomic E-state index is 0. The lowest BCUT2D eigenvalue weighted by molar-refractivity contribution is 0.171.